The van der Waals surface area contributed by atoms with Gasteiger partial charge in [-0.15, -0.1) is 22.7 Å². The zero-order chi connectivity index (χ0) is 10.3. The first-order chi connectivity index (χ1) is 6.58. The zero-order valence-corrected chi connectivity index (χ0v) is 12.5. The van der Waals surface area contributed by atoms with E-state index >= 15 is 0 Å². The summed E-state index contributed by atoms with van der Waals surface area (Å²) in [6.07, 6.45) is 0. The lowest BCUT2D eigenvalue weighted by molar-refractivity contribution is 1.62. The molecule has 74 valence electrons. The summed E-state index contributed by atoms with van der Waals surface area (Å²) in [5.41, 5.74) is 0. The summed E-state index contributed by atoms with van der Waals surface area (Å²) in [6.45, 7) is 4.26. The lowest BCUT2D eigenvalue weighted by atomic mass is 10.3. The molecule has 2 aromatic rings. The highest BCUT2D eigenvalue weighted by Crippen LogP contribution is 2.43. The number of hydrogen-bond donors (Lipinski definition) is 0. The Kier molecular flexibility index (Phi) is 3.17. The topological polar surface area (TPSA) is 0 Å². The Balaban J connectivity index is 2.59. The number of halogens is 2. The van der Waals surface area contributed by atoms with Gasteiger partial charge in [0, 0.05) is 18.7 Å². The molecule has 0 aliphatic rings. The summed E-state index contributed by atoms with van der Waals surface area (Å²) in [7, 11) is 0. The summed E-state index contributed by atoms with van der Waals surface area (Å²) in [5, 5.41) is 0. The van der Waals surface area contributed by atoms with Gasteiger partial charge >= 0.3 is 0 Å². The van der Waals surface area contributed by atoms with Crippen molar-refractivity contribution in [1.29, 1.82) is 0 Å². The molecular formula is C10H8Br2S2. The first-order valence-corrected chi connectivity index (χ1v) is 7.32. The van der Waals surface area contributed by atoms with Gasteiger partial charge in [0.15, 0.2) is 0 Å². The van der Waals surface area contributed by atoms with Crippen LogP contribution in [-0.4, -0.2) is 0 Å². The second kappa shape index (κ2) is 4.08. The van der Waals surface area contributed by atoms with E-state index in [1.807, 2.05) is 22.7 Å². The summed E-state index contributed by atoms with van der Waals surface area (Å²) in [5.74, 6) is 0. The molecule has 0 spiro atoms. The molecule has 0 atom stereocenters. The molecule has 0 aliphatic carbocycles. The minimum atomic E-state index is 1.20. The molecule has 14 heavy (non-hydrogen) atoms. The van der Waals surface area contributed by atoms with Crippen LogP contribution in [0.5, 0.6) is 0 Å². The number of rotatable bonds is 1. The van der Waals surface area contributed by atoms with E-state index in [-0.39, 0.29) is 0 Å². The summed E-state index contributed by atoms with van der Waals surface area (Å²) >= 11 is 10.8. The Hall–Kier alpha value is 0.360. The van der Waals surface area contributed by atoms with Crippen LogP contribution in [0.3, 0.4) is 0 Å². The van der Waals surface area contributed by atoms with Crippen LogP contribution >= 0.6 is 54.5 Å². The molecule has 2 rings (SSSR count). The molecule has 0 saturated carbocycles. The predicted molar refractivity (Wildman–Crippen MR) is 72.5 cm³/mol. The van der Waals surface area contributed by atoms with E-state index in [4.69, 9.17) is 0 Å². The molecule has 0 amide bonds. The maximum atomic E-state index is 3.59. The second-order valence-corrected chi connectivity index (χ2v) is 7.29. The van der Waals surface area contributed by atoms with Gasteiger partial charge < -0.3 is 0 Å². The fourth-order valence-electron chi connectivity index (χ4n) is 1.28. The van der Waals surface area contributed by atoms with E-state index in [1.54, 1.807) is 0 Å². The van der Waals surface area contributed by atoms with E-state index in [0.29, 0.717) is 0 Å². The van der Waals surface area contributed by atoms with Crippen LogP contribution < -0.4 is 0 Å². The Morgan fingerprint density at radius 2 is 1.21 bits per heavy atom. The van der Waals surface area contributed by atoms with E-state index in [9.17, 15) is 0 Å². The van der Waals surface area contributed by atoms with Crippen LogP contribution in [-0.2, 0) is 0 Å². The minimum absolute atomic E-state index is 1.20. The van der Waals surface area contributed by atoms with Crippen molar-refractivity contribution in [3.8, 4) is 9.75 Å². The van der Waals surface area contributed by atoms with Crippen molar-refractivity contribution in [1.82, 2.24) is 0 Å². The third-order valence-corrected chi connectivity index (χ3v) is 5.87. The third-order valence-electron chi connectivity index (χ3n) is 1.83. The lowest BCUT2D eigenvalue weighted by Crippen LogP contribution is -1.64. The molecule has 0 radical (unpaired) electrons. The monoisotopic (exact) mass is 350 g/mol. The largest absolute Gasteiger partial charge is 0.138 e. The highest BCUT2D eigenvalue weighted by atomic mass is 79.9. The van der Waals surface area contributed by atoms with Crippen LogP contribution in [0.25, 0.3) is 9.75 Å². The van der Waals surface area contributed by atoms with E-state index in [0.717, 1.165) is 0 Å². The van der Waals surface area contributed by atoms with E-state index < -0.39 is 0 Å². The Labute approximate surface area is 108 Å². The molecular weight excluding hydrogens is 344 g/mol. The standard InChI is InChI=1S/C10H8Br2S2/c1-5-3-7(11)9(13-5)10-8(12)4-6(2)14-10/h3-4H,1-2H3. The van der Waals surface area contributed by atoms with Gasteiger partial charge in [-0.05, 0) is 57.8 Å². The van der Waals surface area contributed by atoms with Crippen LogP contribution in [0.2, 0.25) is 0 Å². The van der Waals surface area contributed by atoms with Gasteiger partial charge in [0.2, 0.25) is 0 Å². The van der Waals surface area contributed by atoms with Crippen molar-refractivity contribution in [2.24, 2.45) is 0 Å². The lowest BCUT2D eigenvalue weighted by Gasteiger charge is -1.94. The van der Waals surface area contributed by atoms with Gasteiger partial charge in [-0.2, -0.15) is 0 Å². The molecule has 0 unspecified atom stereocenters. The molecule has 2 aromatic heterocycles. The third kappa shape index (κ3) is 1.98. The van der Waals surface area contributed by atoms with Crippen molar-refractivity contribution in [2.45, 2.75) is 13.8 Å². The van der Waals surface area contributed by atoms with Crippen LogP contribution in [0.4, 0.5) is 0 Å². The smallest absolute Gasteiger partial charge is 0.0599 e. The predicted octanol–water partition coefficient (Wildman–Crippen LogP) is 5.62. The minimum Gasteiger partial charge on any atom is -0.138 e. The first kappa shape index (κ1) is 10.9. The fourth-order valence-corrected chi connectivity index (χ4v) is 5.38. The van der Waals surface area contributed by atoms with Crippen molar-refractivity contribution >= 4 is 54.5 Å². The van der Waals surface area contributed by atoms with Gasteiger partial charge in [-0.25, -0.2) is 0 Å². The van der Waals surface area contributed by atoms with Gasteiger partial charge in [0.25, 0.3) is 0 Å². The average Bonchev–Trinajstić information content (AvgIpc) is 2.55. The van der Waals surface area contributed by atoms with Crippen LogP contribution in [0.15, 0.2) is 21.1 Å². The highest BCUT2D eigenvalue weighted by molar-refractivity contribution is 9.11. The Bertz CT molecular complexity index is 424. The molecule has 0 aromatic carbocycles. The van der Waals surface area contributed by atoms with Crippen molar-refractivity contribution < 1.29 is 0 Å². The Morgan fingerprint density at radius 1 is 0.857 bits per heavy atom. The van der Waals surface area contributed by atoms with Crippen LogP contribution in [0.1, 0.15) is 9.75 Å². The van der Waals surface area contributed by atoms with Crippen molar-refractivity contribution in [3.05, 3.63) is 30.8 Å². The quantitative estimate of drug-likeness (QED) is 0.625. The fraction of sp³-hybridized carbons (Fsp3) is 0.200. The molecule has 0 nitrogen and oxygen atoms in total. The van der Waals surface area contributed by atoms with Crippen LogP contribution in [0, 0.1) is 13.8 Å². The summed E-state index contributed by atoms with van der Waals surface area (Å²) < 4.78 is 2.39. The van der Waals surface area contributed by atoms with Gasteiger partial charge in [0.1, 0.15) is 0 Å². The number of aryl methyl sites for hydroxylation is 2. The average molecular weight is 352 g/mol. The molecule has 0 bridgehead atoms. The van der Waals surface area contributed by atoms with Crippen molar-refractivity contribution in [2.75, 3.05) is 0 Å². The molecule has 0 N–H and O–H groups in total. The van der Waals surface area contributed by atoms with Crippen molar-refractivity contribution in [3.63, 3.8) is 0 Å². The molecule has 0 aliphatic heterocycles. The summed E-state index contributed by atoms with van der Waals surface area (Å²) in [6, 6.07) is 4.34. The Morgan fingerprint density at radius 3 is 1.43 bits per heavy atom. The SMILES string of the molecule is Cc1cc(Br)c(-c2sc(C)cc2Br)s1. The molecule has 0 fully saturated rings. The maximum absolute atomic E-state index is 3.59. The first-order valence-electron chi connectivity index (χ1n) is 4.10. The second-order valence-electron chi connectivity index (χ2n) is 3.07. The summed E-state index contributed by atoms with van der Waals surface area (Å²) in [4.78, 5) is 5.33. The van der Waals surface area contributed by atoms with Gasteiger partial charge in [0.05, 0.1) is 9.75 Å². The normalized spacial score (nSPS) is 10.9. The van der Waals surface area contributed by atoms with E-state index in [1.165, 1.54) is 28.5 Å². The molecule has 0 saturated heterocycles. The number of hydrogen-bond acceptors (Lipinski definition) is 2. The maximum Gasteiger partial charge on any atom is 0.0599 e. The molecule has 2 heterocycles. The van der Waals surface area contributed by atoms with E-state index in [2.05, 4.69) is 57.8 Å². The number of thiophene rings is 2. The molecule has 4 heteroatoms. The zero-order valence-electron chi connectivity index (χ0n) is 7.73. The highest BCUT2D eigenvalue weighted by Gasteiger charge is 2.12. The van der Waals surface area contributed by atoms with Gasteiger partial charge in [-0.1, -0.05) is 0 Å². The van der Waals surface area contributed by atoms with Gasteiger partial charge in [-0.3, -0.25) is 0 Å².